The molecule has 7 nitrogen and oxygen atoms in total. The zero-order valence-electron chi connectivity index (χ0n) is 12.1. The molecule has 0 unspecified atom stereocenters. The van der Waals surface area contributed by atoms with Crippen LogP contribution in [0.1, 0.15) is 26.6 Å². The number of aromatic nitrogens is 4. The number of nitrogens with one attached hydrogen (secondary N) is 1. The molecule has 3 heterocycles. The molecule has 0 bridgehead atoms. The lowest BCUT2D eigenvalue weighted by Crippen LogP contribution is -2.23. The standard InChI is InChI=1S/C14H14N6OS/c1-7-8(2)19-20-14-10(7)11(15)12(22-14)13(21)18-6-9-5-16-3-4-17-9/h3-5H,6,15H2,1-2H3,(H,18,21). The maximum absolute atomic E-state index is 12.3. The fourth-order valence-electron chi connectivity index (χ4n) is 2.08. The van der Waals surface area contributed by atoms with Crippen molar-refractivity contribution in [3.8, 4) is 0 Å². The molecule has 3 N–H and O–H groups in total. The molecule has 0 aromatic carbocycles. The van der Waals surface area contributed by atoms with Gasteiger partial charge in [-0.15, -0.1) is 16.4 Å². The molecule has 3 aromatic rings. The van der Waals surface area contributed by atoms with Gasteiger partial charge in [0.15, 0.2) is 0 Å². The van der Waals surface area contributed by atoms with Crippen LogP contribution in [-0.2, 0) is 6.54 Å². The molecule has 0 saturated carbocycles. The average Bonchev–Trinajstić information content (AvgIpc) is 2.87. The van der Waals surface area contributed by atoms with Crippen molar-refractivity contribution in [3.05, 3.63) is 40.4 Å². The van der Waals surface area contributed by atoms with Gasteiger partial charge in [0.05, 0.1) is 29.8 Å². The Kier molecular flexibility index (Phi) is 3.68. The van der Waals surface area contributed by atoms with Crippen molar-refractivity contribution >= 4 is 33.1 Å². The average molecular weight is 314 g/mol. The summed E-state index contributed by atoms with van der Waals surface area (Å²) >= 11 is 1.24. The monoisotopic (exact) mass is 314 g/mol. The van der Waals surface area contributed by atoms with Gasteiger partial charge in [0, 0.05) is 17.8 Å². The molecular weight excluding hydrogens is 300 g/mol. The number of fused-ring (bicyclic) bond motifs is 1. The fourth-order valence-corrected chi connectivity index (χ4v) is 3.10. The van der Waals surface area contributed by atoms with E-state index in [0.717, 1.165) is 16.6 Å². The molecular formula is C14H14N6OS. The predicted octanol–water partition coefficient (Wildman–Crippen LogP) is 1.61. The third-order valence-electron chi connectivity index (χ3n) is 3.39. The van der Waals surface area contributed by atoms with Crippen molar-refractivity contribution in [1.29, 1.82) is 0 Å². The summed E-state index contributed by atoms with van der Waals surface area (Å²) in [6.07, 6.45) is 4.77. The minimum atomic E-state index is -0.247. The Balaban J connectivity index is 1.88. The second-order valence-corrected chi connectivity index (χ2v) is 5.81. The van der Waals surface area contributed by atoms with Gasteiger partial charge in [0.1, 0.15) is 9.71 Å². The number of anilines is 1. The highest BCUT2D eigenvalue weighted by Gasteiger charge is 2.19. The maximum Gasteiger partial charge on any atom is 0.263 e. The second kappa shape index (κ2) is 5.64. The van der Waals surface area contributed by atoms with Crippen LogP contribution in [-0.4, -0.2) is 26.1 Å². The van der Waals surface area contributed by atoms with Crippen molar-refractivity contribution in [1.82, 2.24) is 25.5 Å². The second-order valence-electron chi connectivity index (χ2n) is 4.81. The number of hydrogen-bond acceptors (Lipinski definition) is 7. The van der Waals surface area contributed by atoms with E-state index < -0.39 is 0 Å². The number of nitrogens with zero attached hydrogens (tertiary/aromatic N) is 4. The lowest BCUT2D eigenvalue weighted by molar-refractivity contribution is 0.0955. The van der Waals surface area contributed by atoms with E-state index in [2.05, 4.69) is 25.5 Å². The molecule has 1 amide bonds. The van der Waals surface area contributed by atoms with Crippen LogP contribution in [0.2, 0.25) is 0 Å². The number of thiophene rings is 1. The Bertz CT molecular complexity index is 845. The van der Waals surface area contributed by atoms with Gasteiger partial charge < -0.3 is 11.1 Å². The minimum absolute atomic E-state index is 0.247. The fraction of sp³-hybridized carbons (Fsp3) is 0.214. The van der Waals surface area contributed by atoms with E-state index in [1.165, 1.54) is 11.3 Å². The molecule has 112 valence electrons. The molecule has 0 spiro atoms. The van der Waals surface area contributed by atoms with Crippen molar-refractivity contribution in [2.45, 2.75) is 20.4 Å². The first-order chi connectivity index (χ1) is 10.6. The van der Waals surface area contributed by atoms with E-state index in [9.17, 15) is 4.79 Å². The third-order valence-corrected chi connectivity index (χ3v) is 4.48. The zero-order valence-corrected chi connectivity index (χ0v) is 12.9. The van der Waals surface area contributed by atoms with E-state index >= 15 is 0 Å². The van der Waals surface area contributed by atoms with Gasteiger partial charge in [-0.05, 0) is 19.4 Å². The molecule has 0 aliphatic carbocycles. The summed E-state index contributed by atoms with van der Waals surface area (Å²) in [6, 6.07) is 0. The molecule has 0 radical (unpaired) electrons. The molecule has 8 heteroatoms. The Hall–Kier alpha value is -2.61. The van der Waals surface area contributed by atoms with Crippen molar-refractivity contribution in [2.75, 3.05) is 5.73 Å². The number of nitrogens with two attached hydrogens (primary N) is 1. The van der Waals surface area contributed by atoms with E-state index in [1.54, 1.807) is 18.6 Å². The van der Waals surface area contributed by atoms with E-state index in [4.69, 9.17) is 5.73 Å². The third kappa shape index (κ3) is 2.48. The van der Waals surface area contributed by atoms with Gasteiger partial charge in [-0.2, -0.15) is 5.10 Å². The van der Waals surface area contributed by atoms with Crippen LogP contribution in [0.15, 0.2) is 18.6 Å². The smallest absolute Gasteiger partial charge is 0.263 e. The summed E-state index contributed by atoms with van der Waals surface area (Å²) in [4.78, 5) is 21.5. The minimum Gasteiger partial charge on any atom is -0.397 e. The molecule has 3 rings (SSSR count). The highest BCUT2D eigenvalue weighted by molar-refractivity contribution is 7.21. The summed E-state index contributed by atoms with van der Waals surface area (Å²) in [7, 11) is 0. The van der Waals surface area contributed by atoms with Gasteiger partial charge in [0.25, 0.3) is 5.91 Å². The summed E-state index contributed by atoms with van der Waals surface area (Å²) in [5, 5.41) is 11.8. The quantitative estimate of drug-likeness (QED) is 0.760. The van der Waals surface area contributed by atoms with Crippen LogP contribution in [0.3, 0.4) is 0 Å². The molecule has 0 atom stereocenters. The van der Waals surface area contributed by atoms with Gasteiger partial charge >= 0.3 is 0 Å². The van der Waals surface area contributed by atoms with Crippen LogP contribution in [0.4, 0.5) is 5.69 Å². The van der Waals surface area contributed by atoms with Gasteiger partial charge in [-0.25, -0.2) is 0 Å². The van der Waals surface area contributed by atoms with E-state index in [0.29, 0.717) is 27.6 Å². The summed E-state index contributed by atoms with van der Waals surface area (Å²) in [6.45, 7) is 4.09. The first kappa shape index (κ1) is 14.3. The number of carbonyl (C=O) groups is 1. The molecule has 3 aromatic heterocycles. The lowest BCUT2D eigenvalue weighted by atomic mass is 10.1. The largest absolute Gasteiger partial charge is 0.397 e. The van der Waals surface area contributed by atoms with Crippen LogP contribution in [0.5, 0.6) is 0 Å². The van der Waals surface area contributed by atoms with Gasteiger partial charge in [0.2, 0.25) is 0 Å². The predicted molar refractivity (Wildman–Crippen MR) is 84.5 cm³/mol. The molecule has 0 fully saturated rings. The lowest BCUT2D eigenvalue weighted by Gasteiger charge is -2.04. The van der Waals surface area contributed by atoms with Crippen LogP contribution < -0.4 is 11.1 Å². The number of nitrogen functional groups attached to an aromatic ring is 1. The van der Waals surface area contributed by atoms with Crippen LogP contribution in [0, 0.1) is 13.8 Å². The Morgan fingerprint density at radius 1 is 1.32 bits per heavy atom. The van der Waals surface area contributed by atoms with Crippen molar-refractivity contribution in [2.24, 2.45) is 0 Å². The first-order valence-corrected chi connectivity index (χ1v) is 7.44. The summed E-state index contributed by atoms with van der Waals surface area (Å²) in [5.74, 6) is -0.247. The van der Waals surface area contributed by atoms with E-state index in [1.807, 2.05) is 13.8 Å². The van der Waals surface area contributed by atoms with Crippen molar-refractivity contribution in [3.63, 3.8) is 0 Å². The maximum atomic E-state index is 12.3. The highest BCUT2D eigenvalue weighted by atomic mass is 32.1. The number of amides is 1. The first-order valence-electron chi connectivity index (χ1n) is 6.63. The van der Waals surface area contributed by atoms with Gasteiger partial charge in [-0.1, -0.05) is 0 Å². The SMILES string of the molecule is Cc1nnc2sc(C(=O)NCc3cnccn3)c(N)c2c1C. The Morgan fingerprint density at radius 3 is 2.86 bits per heavy atom. The summed E-state index contributed by atoms with van der Waals surface area (Å²) < 4.78 is 0. The summed E-state index contributed by atoms with van der Waals surface area (Å²) in [5.41, 5.74) is 9.03. The zero-order chi connectivity index (χ0) is 15.7. The molecule has 0 saturated heterocycles. The van der Waals surface area contributed by atoms with Crippen LogP contribution >= 0.6 is 11.3 Å². The normalized spacial score (nSPS) is 10.8. The number of aryl methyl sites for hydroxylation is 2. The number of hydrogen-bond donors (Lipinski definition) is 2. The van der Waals surface area contributed by atoms with Crippen molar-refractivity contribution < 1.29 is 4.79 Å². The van der Waals surface area contributed by atoms with E-state index in [-0.39, 0.29) is 5.91 Å². The number of rotatable bonds is 3. The number of carbonyl (C=O) groups excluding carboxylic acids is 1. The van der Waals surface area contributed by atoms with Gasteiger partial charge in [-0.3, -0.25) is 14.8 Å². The molecule has 22 heavy (non-hydrogen) atoms. The molecule has 0 aliphatic rings. The molecule has 0 aliphatic heterocycles. The Labute approximate surface area is 130 Å². The topological polar surface area (TPSA) is 107 Å². The highest BCUT2D eigenvalue weighted by Crippen LogP contribution is 2.34. The van der Waals surface area contributed by atoms with Crippen LogP contribution in [0.25, 0.3) is 10.2 Å². The Morgan fingerprint density at radius 2 is 2.14 bits per heavy atom.